The van der Waals surface area contributed by atoms with E-state index < -0.39 is 0 Å². The minimum atomic E-state index is 0.0207. The minimum Gasteiger partial charge on any atom is -0.330 e. The number of hydrogen-bond acceptors (Lipinski definition) is 5. The predicted octanol–water partition coefficient (Wildman–Crippen LogP) is 2.27. The Labute approximate surface area is 112 Å². The molecule has 1 atom stereocenters. The normalized spacial score (nSPS) is 13.3. The summed E-state index contributed by atoms with van der Waals surface area (Å²) in [5.41, 5.74) is 5.81. The Morgan fingerprint density at radius 3 is 2.72 bits per heavy atom. The predicted molar refractivity (Wildman–Crippen MR) is 74.4 cm³/mol. The molecule has 0 bridgehead atoms. The summed E-state index contributed by atoms with van der Waals surface area (Å²) in [5, 5.41) is 7.17. The van der Waals surface area contributed by atoms with E-state index in [4.69, 9.17) is 5.73 Å². The molecule has 1 aromatic rings. The molecule has 102 valence electrons. The number of nitrogens with one attached hydrogen (secondary N) is 1. The molecule has 1 amide bonds. The first-order chi connectivity index (χ1) is 8.43. The van der Waals surface area contributed by atoms with Crippen LogP contribution in [0.4, 0.5) is 5.00 Å². The van der Waals surface area contributed by atoms with Crippen molar-refractivity contribution >= 4 is 22.4 Å². The highest BCUT2D eigenvalue weighted by molar-refractivity contribution is 7.10. The van der Waals surface area contributed by atoms with Gasteiger partial charge in [0.2, 0.25) is 5.91 Å². The summed E-state index contributed by atoms with van der Waals surface area (Å²) in [7, 11) is 0. The first kappa shape index (κ1) is 15.0. The van der Waals surface area contributed by atoms with Crippen LogP contribution in [-0.4, -0.2) is 22.0 Å². The van der Waals surface area contributed by atoms with Crippen LogP contribution in [0.15, 0.2) is 6.20 Å². The van der Waals surface area contributed by atoms with Crippen LogP contribution in [0.5, 0.6) is 0 Å². The molecule has 0 aliphatic carbocycles. The van der Waals surface area contributed by atoms with Gasteiger partial charge >= 0.3 is 0 Å². The number of nitrogens with zero attached hydrogens (tertiary/aromatic N) is 2. The first-order valence-electron chi connectivity index (χ1n) is 6.20. The minimum absolute atomic E-state index is 0.0207. The Hall–Kier alpha value is -1.01. The van der Waals surface area contributed by atoms with Crippen molar-refractivity contribution < 1.29 is 4.79 Å². The summed E-state index contributed by atoms with van der Waals surface area (Å²) >= 11 is 1.19. The molecular weight excluding hydrogens is 248 g/mol. The Balaban J connectivity index is 2.40. The van der Waals surface area contributed by atoms with Gasteiger partial charge in [0.15, 0.2) is 0 Å². The van der Waals surface area contributed by atoms with E-state index in [1.165, 1.54) is 11.5 Å². The molecule has 18 heavy (non-hydrogen) atoms. The van der Waals surface area contributed by atoms with Gasteiger partial charge in [-0.3, -0.25) is 4.79 Å². The van der Waals surface area contributed by atoms with Crippen molar-refractivity contribution in [3.05, 3.63) is 6.20 Å². The summed E-state index contributed by atoms with van der Waals surface area (Å²) in [5.74, 6) is 0.486. The fraction of sp³-hybridized carbons (Fsp3) is 0.750. The van der Waals surface area contributed by atoms with E-state index in [0.717, 1.165) is 12.8 Å². The smallest absolute Gasteiger partial charge is 0.225 e. The van der Waals surface area contributed by atoms with E-state index in [1.807, 2.05) is 0 Å². The fourth-order valence-corrected chi connectivity index (χ4v) is 2.38. The molecule has 0 aromatic carbocycles. The molecule has 0 saturated heterocycles. The van der Waals surface area contributed by atoms with Crippen LogP contribution >= 0.6 is 11.5 Å². The molecule has 1 heterocycles. The van der Waals surface area contributed by atoms with Crippen molar-refractivity contribution in [2.45, 2.75) is 40.0 Å². The van der Waals surface area contributed by atoms with Crippen molar-refractivity contribution in [1.29, 1.82) is 0 Å². The highest BCUT2D eigenvalue weighted by Gasteiger charge is 2.24. The number of rotatable bonds is 6. The number of aromatic nitrogens is 2. The molecular formula is C12H22N4OS. The lowest BCUT2D eigenvalue weighted by Crippen LogP contribution is -2.25. The number of carbonyl (C=O) groups excluding carboxylic acids is 1. The molecule has 0 spiro atoms. The van der Waals surface area contributed by atoms with E-state index in [0.29, 0.717) is 23.9 Å². The topological polar surface area (TPSA) is 80.9 Å². The van der Waals surface area contributed by atoms with Crippen molar-refractivity contribution in [3.8, 4) is 0 Å². The van der Waals surface area contributed by atoms with Crippen molar-refractivity contribution in [2.75, 3.05) is 11.9 Å². The third-order valence-corrected chi connectivity index (χ3v) is 3.66. The molecule has 0 aliphatic rings. The van der Waals surface area contributed by atoms with Gasteiger partial charge in [0.25, 0.3) is 0 Å². The van der Waals surface area contributed by atoms with E-state index in [-0.39, 0.29) is 11.3 Å². The second kappa shape index (κ2) is 6.80. The maximum absolute atomic E-state index is 11.8. The van der Waals surface area contributed by atoms with Crippen LogP contribution in [0.3, 0.4) is 0 Å². The SMILES string of the molecule is CC(C)(C)C(CCN)CCC(=O)Nc1cnns1. The van der Waals surface area contributed by atoms with Crippen LogP contribution in [0.1, 0.15) is 40.0 Å². The van der Waals surface area contributed by atoms with Gasteiger partial charge in [0.05, 0.1) is 6.20 Å². The van der Waals surface area contributed by atoms with Crippen LogP contribution in [0.25, 0.3) is 0 Å². The van der Waals surface area contributed by atoms with Crippen molar-refractivity contribution in [2.24, 2.45) is 17.1 Å². The summed E-state index contributed by atoms with van der Waals surface area (Å²) in [6, 6.07) is 0. The monoisotopic (exact) mass is 270 g/mol. The quantitative estimate of drug-likeness (QED) is 0.831. The van der Waals surface area contributed by atoms with Gasteiger partial charge in [-0.15, -0.1) is 5.10 Å². The first-order valence-corrected chi connectivity index (χ1v) is 6.98. The number of nitrogens with two attached hydrogens (primary N) is 1. The molecule has 1 unspecified atom stereocenters. The van der Waals surface area contributed by atoms with Gasteiger partial charge in [-0.05, 0) is 30.7 Å². The van der Waals surface area contributed by atoms with Crippen LogP contribution < -0.4 is 11.1 Å². The van der Waals surface area contributed by atoms with E-state index in [1.54, 1.807) is 6.20 Å². The summed E-state index contributed by atoms with van der Waals surface area (Å²) in [6.45, 7) is 7.25. The van der Waals surface area contributed by atoms with Gasteiger partial charge < -0.3 is 11.1 Å². The number of hydrogen-bond donors (Lipinski definition) is 2. The number of anilines is 1. The van der Waals surface area contributed by atoms with Gasteiger partial charge in [0, 0.05) is 18.0 Å². The Morgan fingerprint density at radius 1 is 1.50 bits per heavy atom. The molecule has 3 N–H and O–H groups in total. The Bertz CT molecular complexity index is 359. The Kier molecular flexibility index (Phi) is 5.68. The van der Waals surface area contributed by atoms with Gasteiger partial charge in [-0.1, -0.05) is 25.3 Å². The second-order valence-electron chi connectivity index (χ2n) is 5.51. The zero-order valence-corrected chi connectivity index (χ0v) is 12.1. The van der Waals surface area contributed by atoms with E-state index in [9.17, 15) is 4.79 Å². The average molecular weight is 270 g/mol. The van der Waals surface area contributed by atoms with Crippen LogP contribution in [-0.2, 0) is 4.79 Å². The highest BCUT2D eigenvalue weighted by atomic mass is 32.1. The van der Waals surface area contributed by atoms with Gasteiger partial charge in [-0.25, -0.2) is 0 Å². The molecule has 0 saturated carbocycles. The van der Waals surface area contributed by atoms with Gasteiger partial charge in [0.1, 0.15) is 5.00 Å². The van der Waals surface area contributed by atoms with Crippen LogP contribution in [0, 0.1) is 11.3 Å². The number of amides is 1. The number of carbonyl (C=O) groups is 1. The molecule has 5 nitrogen and oxygen atoms in total. The molecule has 1 rings (SSSR count). The second-order valence-corrected chi connectivity index (χ2v) is 6.29. The van der Waals surface area contributed by atoms with Crippen molar-refractivity contribution in [3.63, 3.8) is 0 Å². The standard InChI is InChI=1S/C12H22N4OS/c1-12(2,3)9(6-7-13)4-5-10(17)15-11-8-14-16-18-11/h8-9H,4-7,13H2,1-3H3,(H,15,17). The maximum Gasteiger partial charge on any atom is 0.225 e. The van der Waals surface area contributed by atoms with E-state index >= 15 is 0 Å². The third kappa shape index (κ3) is 5.10. The zero-order chi connectivity index (χ0) is 13.6. The Morgan fingerprint density at radius 2 is 2.22 bits per heavy atom. The summed E-state index contributed by atoms with van der Waals surface area (Å²) in [6.07, 6.45) is 3.89. The maximum atomic E-state index is 11.8. The molecule has 0 aliphatic heterocycles. The van der Waals surface area contributed by atoms with E-state index in [2.05, 4.69) is 35.7 Å². The highest BCUT2D eigenvalue weighted by Crippen LogP contribution is 2.32. The molecule has 6 heteroatoms. The largest absolute Gasteiger partial charge is 0.330 e. The summed E-state index contributed by atoms with van der Waals surface area (Å²) < 4.78 is 3.70. The lowest BCUT2D eigenvalue weighted by Gasteiger charge is -2.30. The average Bonchev–Trinajstić information content (AvgIpc) is 2.75. The molecule has 0 fully saturated rings. The lowest BCUT2D eigenvalue weighted by atomic mass is 9.76. The van der Waals surface area contributed by atoms with Crippen molar-refractivity contribution in [1.82, 2.24) is 9.59 Å². The zero-order valence-electron chi connectivity index (χ0n) is 11.3. The van der Waals surface area contributed by atoms with Gasteiger partial charge in [-0.2, -0.15) is 0 Å². The lowest BCUT2D eigenvalue weighted by molar-refractivity contribution is -0.116. The third-order valence-electron chi connectivity index (χ3n) is 3.08. The molecule has 0 radical (unpaired) electrons. The summed E-state index contributed by atoms with van der Waals surface area (Å²) in [4.78, 5) is 11.8. The van der Waals surface area contributed by atoms with Crippen LogP contribution in [0.2, 0.25) is 0 Å². The molecule has 1 aromatic heterocycles. The fourth-order valence-electron chi connectivity index (χ4n) is 1.94.